The van der Waals surface area contributed by atoms with E-state index in [2.05, 4.69) is 26.5 Å². The Labute approximate surface area is 168 Å². The first-order valence-corrected chi connectivity index (χ1v) is 9.57. The summed E-state index contributed by atoms with van der Waals surface area (Å²) >= 11 is 0. The Morgan fingerprint density at radius 1 is 1.21 bits per heavy atom. The fourth-order valence-electron chi connectivity index (χ4n) is 3.97. The number of hydrogen-bond acceptors (Lipinski definition) is 5. The standard InChI is InChI=1S/C21H24F3N5/c1-13-14(2)27-28-20(18(13)11-25)26-12-16-5-4-10-29(3)19(16)15-6-8-17(9-7-15)21(22,23)24/h6-9,16,19H,4-5,10,12H2,1-3H3,(H,26,28). The molecule has 1 aliphatic rings. The molecule has 1 aliphatic heterocycles. The van der Waals surface area contributed by atoms with Crippen LogP contribution in [0.15, 0.2) is 24.3 Å². The summed E-state index contributed by atoms with van der Waals surface area (Å²) in [7, 11) is 1.99. The first kappa shape index (κ1) is 21.1. The molecule has 5 nitrogen and oxygen atoms in total. The quantitative estimate of drug-likeness (QED) is 0.816. The first-order chi connectivity index (χ1) is 13.7. The Morgan fingerprint density at radius 2 is 1.90 bits per heavy atom. The van der Waals surface area contributed by atoms with Crippen molar-refractivity contribution in [3.8, 4) is 6.07 Å². The van der Waals surface area contributed by atoms with Crippen LogP contribution in [0.25, 0.3) is 0 Å². The zero-order valence-electron chi connectivity index (χ0n) is 16.7. The minimum absolute atomic E-state index is 0.0106. The van der Waals surface area contributed by atoms with Crippen molar-refractivity contribution in [2.75, 3.05) is 25.5 Å². The highest BCUT2D eigenvalue weighted by Crippen LogP contribution is 2.37. The van der Waals surface area contributed by atoms with Gasteiger partial charge in [0.15, 0.2) is 5.82 Å². The lowest BCUT2D eigenvalue weighted by Crippen LogP contribution is -2.39. The molecule has 0 radical (unpaired) electrons. The van der Waals surface area contributed by atoms with Gasteiger partial charge in [-0.25, -0.2) is 0 Å². The molecule has 1 aromatic carbocycles. The van der Waals surface area contributed by atoms with E-state index in [-0.39, 0.29) is 12.0 Å². The number of aromatic nitrogens is 2. The third-order valence-electron chi connectivity index (χ3n) is 5.68. The molecule has 8 heteroatoms. The monoisotopic (exact) mass is 403 g/mol. The van der Waals surface area contributed by atoms with Crippen molar-refractivity contribution in [1.82, 2.24) is 15.1 Å². The van der Waals surface area contributed by atoms with E-state index in [4.69, 9.17) is 0 Å². The summed E-state index contributed by atoms with van der Waals surface area (Å²) < 4.78 is 38.7. The van der Waals surface area contributed by atoms with Crippen LogP contribution >= 0.6 is 0 Å². The normalized spacial score (nSPS) is 20.3. The molecule has 0 spiro atoms. The average Bonchev–Trinajstić information content (AvgIpc) is 2.68. The van der Waals surface area contributed by atoms with Crippen molar-refractivity contribution in [3.05, 3.63) is 52.2 Å². The molecule has 0 bridgehead atoms. The van der Waals surface area contributed by atoms with Crippen LogP contribution in [0, 0.1) is 31.1 Å². The van der Waals surface area contributed by atoms with Crippen LogP contribution in [0.2, 0.25) is 0 Å². The number of nitriles is 1. The SMILES string of the molecule is Cc1nnc(NCC2CCCN(C)C2c2ccc(C(F)(F)F)cc2)c(C#N)c1C. The molecule has 2 aromatic rings. The number of nitrogens with zero attached hydrogens (tertiary/aromatic N) is 4. The number of halogens is 3. The zero-order valence-corrected chi connectivity index (χ0v) is 16.7. The van der Waals surface area contributed by atoms with E-state index >= 15 is 0 Å². The van der Waals surface area contributed by atoms with Gasteiger partial charge in [-0.05, 0) is 69.5 Å². The molecule has 1 fully saturated rings. The van der Waals surface area contributed by atoms with Gasteiger partial charge in [0.1, 0.15) is 11.6 Å². The van der Waals surface area contributed by atoms with E-state index in [1.165, 1.54) is 0 Å². The lowest BCUT2D eigenvalue weighted by molar-refractivity contribution is -0.137. The topological polar surface area (TPSA) is 64.8 Å². The van der Waals surface area contributed by atoms with Gasteiger partial charge in [-0.15, -0.1) is 5.10 Å². The predicted octanol–water partition coefficient (Wildman–Crippen LogP) is 4.48. The van der Waals surface area contributed by atoms with E-state index in [9.17, 15) is 18.4 Å². The van der Waals surface area contributed by atoms with Crippen molar-refractivity contribution in [3.63, 3.8) is 0 Å². The molecule has 0 amide bonds. The third-order valence-corrected chi connectivity index (χ3v) is 5.68. The number of piperidine rings is 1. The number of likely N-dealkylation sites (tertiary alicyclic amines) is 1. The second kappa shape index (κ2) is 8.37. The Balaban J connectivity index is 1.81. The van der Waals surface area contributed by atoms with Crippen LogP contribution in [-0.2, 0) is 6.18 Å². The summed E-state index contributed by atoms with van der Waals surface area (Å²) in [6, 6.07) is 7.60. The molecule has 29 heavy (non-hydrogen) atoms. The smallest absolute Gasteiger partial charge is 0.367 e. The summed E-state index contributed by atoms with van der Waals surface area (Å²) in [6.07, 6.45) is -2.40. The molecule has 154 valence electrons. The van der Waals surface area contributed by atoms with Gasteiger partial charge < -0.3 is 5.32 Å². The number of anilines is 1. The molecular weight excluding hydrogens is 379 g/mol. The van der Waals surface area contributed by atoms with Crippen LogP contribution in [0.5, 0.6) is 0 Å². The Bertz CT molecular complexity index is 902. The molecule has 0 aliphatic carbocycles. The molecule has 0 saturated carbocycles. The lowest BCUT2D eigenvalue weighted by Gasteiger charge is -2.40. The van der Waals surface area contributed by atoms with Gasteiger partial charge in [-0.2, -0.15) is 23.5 Å². The van der Waals surface area contributed by atoms with Gasteiger partial charge in [-0.3, -0.25) is 4.90 Å². The molecule has 1 aromatic heterocycles. The molecular formula is C21H24F3N5. The van der Waals surface area contributed by atoms with Gasteiger partial charge >= 0.3 is 6.18 Å². The third kappa shape index (κ3) is 4.51. The number of rotatable bonds is 4. The van der Waals surface area contributed by atoms with Gasteiger partial charge in [-0.1, -0.05) is 12.1 Å². The zero-order chi connectivity index (χ0) is 21.2. The predicted molar refractivity (Wildman–Crippen MR) is 104 cm³/mol. The van der Waals surface area contributed by atoms with Gasteiger partial charge in [0.2, 0.25) is 0 Å². The number of alkyl halides is 3. The molecule has 2 heterocycles. The molecule has 2 atom stereocenters. The maximum atomic E-state index is 12.9. The molecule has 1 saturated heterocycles. The van der Waals surface area contributed by atoms with Crippen LogP contribution in [0.1, 0.15) is 46.8 Å². The highest BCUT2D eigenvalue weighted by atomic mass is 19.4. The van der Waals surface area contributed by atoms with Crippen molar-refractivity contribution in [2.45, 2.75) is 38.9 Å². The van der Waals surface area contributed by atoms with Crippen molar-refractivity contribution in [1.29, 1.82) is 5.26 Å². The Kier molecular flexibility index (Phi) is 6.08. The summed E-state index contributed by atoms with van der Waals surface area (Å²) in [4.78, 5) is 2.18. The first-order valence-electron chi connectivity index (χ1n) is 9.57. The maximum absolute atomic E-state index is 12.9. The van der Waals surface area contributed by atoms with E-state index in [1.54, 1.807) is 12.1 Å². The lowest BCUT2D eigenvalue weighted by atomic mass is 9.84. The minimum Gasteiger partial charge on any atom is -0.367 e. The van der Waals surface area contributed by atoms with Gasteiger partial charge in [0, 0.05) is 12.6 Å². The van der Waals surface area contributed by atoms with Crippen LogP contribution < -0.4 is 5.32 Å². The number of hydrogen-bond donors (Lipinski definition) is 1. The van der Waals surface area contributed by atoms with Gasteiger partial charge in [0.25, 0.3) is 0 Å². The molecule has 1 N–H and O–H groups in total. The van der Waals surface area contributed by atoms with E-state index in [1.807, 2.05) is 20.9 Å². The number of aryl methyl sites for hydroxylation is 1. The summed E-state index contributed by atoms with van der Waals surface area (Å²) in [5.74, 6) is 0.621. The number of benzene rings is 1. The fourth-order valence-corrected chi connectivity index (χ4v) is 3.97. The Hall–Kier alpha value is -2.66. The summed E-state index contributed by atoms with van der Waals surface area (Å²) in [6.45, 7) is 5.09. The largest absolute Gasteiger partial charge is 0.416 e. The average molecular weight is 403 g/mol. The fraction of sp³-hybridized carbons (Fsp3) is 0.476. The van der Waals surface area contributed by atoms with E-state index in [0.29, 0.717) is 23.6 Å². The maximum Gasteiger partial charge on any atom is 0.416 e. The minimum atomic E-state index is -4.34. The van der Waals surface area contributed by atoms with Crippen molar-refractivity contribution in [2.24, 2.45) is 5.92 Å². The van der Waals surface area contributed by atoms with E-state index in [0.717, 1.165) is 42.6 Å². The van der Waals surface area contributed by atoms with Crippen LogP contribution in [-0.4, -0.2) is 35.2 Å². The van der Waals surface area contributed by atoms with Crippen LogP contribution in [0.3, 0.4) is 0 Å². The highest BCUT2D eigenvalue weighted by Gasteiger charge is 2.33. The number of nitrogens with one attached hydrogen (secondary N) is 1. The van der Waals surface area contributed by atoms with Crippen molar-refractivity contribution < 1.29 is 13.2 Å². The second-order valence-electron chi connectivity index (χ2n) is 7.57. The Morgan fingerprint density at radius 3 is 2.52 bits per heavy atom. The molecule has 3 rings (SSSR count). The highest BCUT2D eigenvalue weighted by molar-refractivity contribution is 5.55. The van der Waals surface area contributed by atoms with Gasteiger partial charge in [0.05, 0.1) is 11.3 Å². The summed E-state index contributed by atoms with van der Waals surface area (Å²) in [5.41, 5.74) is 2.21. The second-order valence-corrected chi connectivity index (χ2v) is 7.57. The van der Waals surface area contributed by atoms with Crippen LogP contribution in [0.4, 0.5) is 19.0 Å². The van der Waals surface area contributed by atoms with E-state index < -0.39 is 11.7 Å². The molecule has 2 unspecified atom stereocenters. The summed E-state index contributed by atoms with van der Waals surface area (Å²) in [5, 5.41) is 20.9. The van der Waals surface area contributed by atoms with Crippen molar-refractivity contribution >= 4 is 5.82 Å².